The van der Waals surface area contributed by atoms with Gasteiger partial charge in [0.1, 0.15) is 24.4 Å². The van der Waals surface area contributed by atoms with Crippen molar-refractivity contribution in [1.82, 2.24) is 14.6 Å². The van der Waals surface area contributed by atoms with Crippen LogP contribution in [-0.4, -0.2) is 65.9 Å². The van der Waals surface area contributed by atoms with Crippen LogP contribution in [0.1, 0.15) is 20.1 Å². The van der Waals surface area contributed by atoms with Crippen molar-refractivity contribution in [3.63, 3.8) is 0 Å². The Morgan fingerprint density at radius 2 is 2.18 bits per heavy atom. The van der Waals surface area contributed by atoms with E-state index >= 15 is 4.39 Å². The number of H-pyrrole nitrogens is 1. The number of aromatic amines is 1. The summed E-state index contributed by atoms with van der Waals surface area (Å²) in [7, 11) is -4.83. The Hall–Kier alpha value is -1.93. The molecule has 2 heterocycles. The lowest BCUT2D eigenvalue weighted by atomic mass is 9.95. The number of aliphatic hydroxyl groups is 2. The SMILES string of the molecule is CC(NP(=O)(O)OCC1(F)OC(n2ccc(=O)[nH]c2=O)C(C)(O)C1O)C(=O)O. The van der Waals surface area contributed by atoms with Crippen LogP contribution in [0.3, 0.4) is 0 Å². The van der Waals surface area contributed by atoms with Gasteiger partial charge < -0.3 is 24.9 Å². The van der Waals surface area contributed by atoms with E-state index in [9.17, 15) is 34.1 Å². The van der Waals surface area contributed by atoms with E-state index in [0.717, 1.165) is 26.1 Å². The van der Waals surface area contributed by atoms with Gasteiger partial charge in [-0.05, 0) is 13.8 Å². The number of hydrogen-bond donors (Lipinski definition) is 6. The number of hydrogen-bond acceptors (Lipinski definition) is 8. The maximum atomic E-state index is 15.1. The van der Waals surface area contributed by atoms with Crippen LogP contribution in [-0.2, 0) is 18.6 Å². The fraction of sp³-hybridized carbons (Fsp3) is 0.615. The van der Waals surface area contributed by atoms with Gasteiger partial charge in [0.25, 0.3) is 11.4 Å². The number of nitrogens with one attached hydrogen (secondary N) is 2. The zero-order valence-electron chi connectivity index (χ0n) is 14.6. The summed E-state index contributed by atoms with van der Waals surface area (Å²) in [5.74, 6) is -4.73. The molecule has 1 aliphatic rings. The summed E-state index contributed by atoms with van der Waals surface area (Å²) >= 11 is 0. The third-order valence-electron chi connectivity index (χ3n) is 4.04. The molecule has 13 nitrogen and oxygen atoms in total. The fourth-order valence-corrected chi connectivity index (χ4v) is 3.54. The van der Waals surface area contributed by atoms with Gasteiger partial charge in [0, 0.05) is 12.3 Å². The number of halogens is 1. The Balaban J connectivity index is 2.23. The molecule has 6 unspecified atom stereocenters. The Morgan fingerprint density at radius 1 is 1.57 bits per heavy atom. The summed E-state index contributed by atoms with van der Waals surface area (Å²) in [5.41, 5.74) is -4.25. The Kier molecular flexibility index (Phi) is 5.97. The second kappa shape index (κ2) is 7.48. The van der Waals surface area contributed by atoms with Crippen molar-refractivity contribution in [1.29, 1.82) is 0 Å². The van der Waals surface area contributed by atoms with Crippen LogP contribution in [0.5, 0.6) is 0 Å². The Bertz CT molecular complexity index is 916. The molecule has 28 heavy (non-hydrogen) atoms. The second-order valence-corrected chi connectivity index (χ2v) is 7.94. The van der Waals surface area contributed by atoms with Crippen LogP contribution in [0, 0.1) is 0 Å². The van der Waals surface area contributed by atoms with E-state index < -0.39 is 61.4 Å². The van der Waals surface area contributed by atoms with Crippen LogP contribution in [0.25, 0.3) is 0 Å². The number of carbonyl (C=O) groups is 1. The number of aliphatic hydroxyl groups excluding tert-OH is 1. The molecule has 6 atom stereocenters. The first-order valence-electron chi connectivity index (χ1n) is 7.76. The number of rotatable bonds is 7. The highest BCUT2D eigenvalue weighted by molar-refractivity contribution is 7.50. The molecule has 0 amide bonds. The van der Waals surface area contributed by atoms with E-state index in [1.165, 1.54) is 0 Å². The van der Waals surface area contributed by atoms with Crippen molar-refractivity contribution in [3.8, 4) is 0 Å². The number of nitrogens with zero attached hydrogens (tertiary/aromatic N) is 1. The molecular formula is C13H19FN3O10P. The molecule has 0 aromatic carbocycles. The minimum Gasteiger partial charge on any atom is -0.480 e. The molecule has 1 fully saturated rings. The van der Waals surface area contributed by atoms with Gasteiger partial charge in [-0.3, -0.25) is 23.7 Å². The summed E-state index contributed by atoms with van der Waals surface area (Å²) < 4.78 is 36.9. The first-order valence-corrected chi connectivity index (χ1v) is 9.34. The molecule has 15 heteroatoms. The summed E-state index contributed by atoms with van der Waals surface area (Å²) in [6.45, 7) is 0.570. The number of carboxylic acids is 1. The minimum atomic E-state index is -4.83. The highest BCUT2D eigenvalue weighted by atomic mass is 31.2. The van der Waals surface area contributed by atoms with Gasteiger partial charge in [-0.15, -0.1) is 0 Å². The molecule has 0 saturated carbocycles. The van der Waals surface area contributed by atoms with Crippen LogP contribution in [0.2, 0.25) is 0 Å². The van der Waals surface area contributed by atoms with Crippen molar-refractivity contribution in [3.05, 3.63) is 33.1 Å². The largest absolute Gasteiger partial charge is 0.480 e. The predicted octanol–water partition coefficient (Wildman–Crippen LogP) is -1.98. The number of ether oxygens (including phenoxy) is 1. The Morgan fingerprint density at radius 3 is 2.71 bits per heavy atom. The first kappa shape index (κ1) is 22.4. The maximum Gasteiger partial charge on any atom is 0.403 e. The Labute approximate surface area is 155 Å². The predicted molar refractivity (Wildman–Crippen MR) is 87.9 cm³/mol. The van der Waals surface area contributed by atoms with Crippen molar-refractivity contribution < 1.29 is 43.2 Å². The summed E-state index contributed by atoms with van der Waals surface area (Å²) in [4.78, 5) is 45.2. The van der Waals surface area contributed by atoms with Crippen LogP contribution in [0.15, 0.2) is 21.9 Å². The molecule has 1 aromatic heterocycles. The summed E-state index contributed by atoms with van der Waals surface area (Å²) in [6.07, 6.45) is -3.28. The fourth-order valence-electron chi connectivity index (χ4n) is 2.52. The van der Waals surface area contributed by atoms with Gasteiger partial charge in [0.05, 0.1) is 0 Å². The van der Waals surface area contributed by atoms with E-state index in [-0.39, 0.29) is 0 Å². The molecule has 1 aliphatic heterocycles. The highest BCUT2D eigenvalue weighted by Crippen LogP contribution is 2.47. The third kappa shape index (κ3) is 4.38. The quantitative estimate of drug-likeness (QED) is 0.263. The molecular weight excluding hydrogens is 408 g/mol. The summed E-state index contributed by atoms with van der Waals surface area (Å²) in [5, 5.41) is 31.0. The zero-order chi connectivity index (χ0) is 21.5. The highest BCUT2D eigenvalue weighted by Gasteiger charge is 2.63. The molecule has 158 valence electrons. The molecule has 0 spiro atoms. The van der Waals surface area contributed by atoms with Gasteiger partial charge in [-0.25, -0.2) is 18.8 Å². The van der Waals surface area contributed by atoms with Gasteiger partial charge in [0.2, 0.25) is 0 Å². The number of aromatic nitrogens is 2. The van der Waals surface area contributed by atoms with Crippen molar-refractivity contribution >= 4 is 13.7 Å². The lowest BCUT2D eigenvalue weighted by Crippen LogP contribution is -2.50. The van der Waals surface area contributed by atoms with E-state index in [1.807, 2.05) is 4.98 Å². The molecule has 0 bridgehead atoms. The standard InChI is InChI=1S/C13H19FN3O10P/c1-6(8(19)20)16-28(24,25)26-5-13(14)9(21)12(2,23)10(27-13)17-4-3-7(18)15-11(17)22/h3-4,6,9-10,21,23H,5H2,1-2H3,(H,19,20)(H,15,18,22)(H2,16,24,25). The van der Waals surface area contributed by atoms with Crippen molar-refractivity contribution in [2.24, 2.45) is 0 Å². The van der Waals surface area contributed by atoms with Crippen LogP contribution in [0.4, 0.5) is 4.39 Å². The van der Waals surface area contributed by atoms with Crippen LogP contribution < -0.4 is 16.3 Å². The first-order chi connectivity index (χ1) is 12.7. The number of alkyl halides is 1. The molecule has 1 saturated heterocycles. The summed E-state index contributed by atoms with van der Waals surface area (Å²) in [6, 6.07) is -0.627. The van der Waals surface area contributed by atoms with E-state index in [2.05, 4.69) is 4.52 Å². The van der Waals surface area contributed by atoms with Gasteiger partial charge >= 0.3 is 19.4 Å². The minimum absolute atomic E-state index is 0.606. The lowest BCUT2D eigenvalue weighted by molar-refractivity contribution is -0.204. The molecule has 6 N–H and O–H groups in total. The molecule has 1 aromatic rings. The van der Waals surface area contributed by atoms with E-state index in [0.29, 0.717) is 4.57 Å². The van der Waals surface area contributed by atoms with E-state index in [1.54, 1.807) is 5.09 Å². The lowest BCUT2D eigenvalue weighted by Gasteiger charge is -2.28. The van der Waals surface area contributed by atoms with Gasteiger partial charge in [-0.2, -0.15) is 0 Å². The number of carboxylic acid groups (broad SMARTS) is 1. The topological polar surface area (TPSA) is 200 Å². The maximum absolute atomic E-state index is 15.1. The van der Waals surface area contributed by atoms with E-state index in [4.69, 9.17) is 9.84 Å². The van der Waals surface area contributed by atoms with Crippen LogP contribution >= 0.6 is 7.75 Å². The van der Waals surface area contributed by atoms with Crippen molar-refractivity contribution in [2.75, 3.05) is 6.61 Å². The average molecular weight is 427 g/mol. The molecule has 2 rings (SSSR count). The van der Waals surface area contributed by atoms with Gasteiger partial charge in [0.15, 0.2) is 6.23 Å². The average Bonchev–Trinajstić information content (AvgIpc) is 2.74. The normalized spacial score (nSPS) is 33.4. The van der Waals surface area contributed by atoms with Crippen molar-refractivity contribution in [2.45, 2.75) is 43.7 Å². The number of aliphatic carboxylic acids is 1. The molecule has 0 aliphatic carbocycles. The van der Waals surface area contributed by atoms with Gasteiger partial charge in [-0.1, -0.05) is 0 Å². The zero-order valence-corrected chi connectivity index (χ0v) is 15.5. The molecule has 0 radical (unpaired) electrons. The smallest absolute Gasteiger partial charge is 0.403 e. The second-order valence-electron chi connectivity index (χ2n) is 6.39. The monoisotopic (exact) mass is 427 g/mol. The third-order valence-corrected chi connectivity index (χ3v) is 5.23.